The second kappa shape index (κ2) is 7.80. The lowest BCUT2D eigenvalue weighted by Gasteiger charge is -2.12. The van der Waals surface area contributed by atoms with Crippen LogP contribution in [-0.2, 0) is 16.1 Å². The third-order valence-corrected chi connectivity index (χ3v) is 5.62. The van der Waals surface area contributed by atoms with E-state index in [4.69, 9.17) is 21.1 Å². The molecule has 4 aromatic rings. The summed E-state index contributed by atoms with van der Waals surface area (Å²) in [4.78, 5) is 12.1. The molecular weight excluding hydrogens is 386 g/mol. The molecule has 0 saturated carbocycles. The molecule has 5 heteroatoms. The number of ether oxygens (including phenoxy) is 2. The normalized spacial score (nSPS) is 12.3. The van der Waals surface area contributed by atoms with Crippen molar-refractivity contribution in [2.24, 2.45) is 0 Å². The Kier molecular flexibility index (Phi) is 5.20. The van der Waals surface area contributed by atoms with E-state index >= 15 is 0 Å². The maximum Gasteiger partial charge on any atom is 0.312 e. The zero-order valence-electron chi connectivity index (χ0n) is 16.6. The van der Waals surface area contributed by atoms with Gasteiger partial charge < -0.3 is 14.0 Å². The third kappa shape index (κ3) is 3.56. The van der Waals surface area contributed by atoms with E-state index in [0.29, 0.717) is 11.6 Å². The lowest BCUT2D eigenvalue weighted by molar-refractivity contribution is -0.141. The van der Waals surface area contributed by atoms with Crippen LogP contribution >= 0.6 is 11.6 Å². The Morgan fingerprint density at radius 1 is 1.00 bits per heavy atom. The van der Waals surface area contributed by atoms with Gasteiger partial charge in [-0.15, -0.1) is 0 Å². The number of rotatable bonds is 5. The summed E-state index contributed by atoms with van der Waals surface area (Å²) < 4.78 is 12.6. The molecule has 0 N–H and O–H groups in total. The van der Waals surface area contributed by atoms with Crippen LogP contribution in [0.15, 0.2) is 60.7 Å². The number of benzene rings is 3. The minimum absolute atomic E-state index is 0.247. The van der Waals surface area contributed by atoms with Gasteiger partial charge in [0.1, 0.15) is 5.75 Å². The minimum atomic E-state index is -0.337. The van der Waals surface area contributed by atoms with E-state index in [9.17, 15) is 4.79 Å². The molecule has 0 amide bonds. The highest BCUT2D eigenvalue weighted by atomic mass is 35.5. The molecule has 0 spiro atoms. The molecule has 4 nitrogen and oxygen atoms in total. The van der Waals surface area contributed by atoms with Crippen LogP contribution in [-0.4, -0.2) is 24.8 Å². The van der Waals surface area contributed by atoms with Gasteiger partial charge in [0.2, 0.25) is 0 Å². The molecule has 1 aromatic heterocycles. The fourth-order valence-corrected chi connectivity index (χ4v) is 3.97. The van der Waals surface area contributed by atoms with E-state index < -0.39 is 0 Å². The summed E-state index contributed by atoms with van der Waals surface area (Å²) >= 11 is 6.28. The molecule has 148 valence electrons. The van der Waals surface area contributed by atoms with Crippen LogP contribution < -0.4 is 4.74 Å². The molecule has 0 aliphatic rings. The average molecular weight is 408 g/mol. The highest BCUT2D eigenvalue weighted by Gasteiger charge is 2.18. The van der Waals surface area contributed by atoms with Gasteiger partial charge in [-0.05, 0) is 54.4 Å². The summed E-state index contributed by atoms with van der Waals surface area (Å²) in [5.74, 6) is 0.241. The molecule has 0 aliphatic heterocycles. The first kappa shape index (κ1) is 19.3. The predicted octanol–water partition coefficient (Wildman–Crippen LogP) is 5.78. The maximum atomic E-state index is 12.1. The predicted molar refractivity (Wildman–Crippen MR) is 117 cm³/mol. The highest BCUT2D eigenvalue weighted by Crippen LogP contribution is 2.34. The Balaban J connectivity index is 1.92. The van der Waals surface area contributed by atoms with Gasteiger partial charge in [-0.1, -0.05) is 35.9 Å². The first-order valence-corrected chi connectivity index (χ1v) is 9.81. The Hall–Kier alpha value is -2.98. The molecule has 0 aliphatic carbocycles. The van der Waals surface area contributed by atoms with E-state index in [1.165, 1.54) is 7.11 Å². The number of halogens is 1. The molecule has 1 atom stereocenters. The smallest absolute Gasteiger partial charge is 0.312 e. The van der Waals surface area contributed by atoms with Crippen LogP contribution in [0.1, 0.15) is 24.0 Å². The standard InChI is InChI=1S/C24H22ClNO3/c1-15(24(27)29-3)17-7-9-20-21-13-18(25)8-10-22(21)26(23(20)12-17)14-16-5-4-6-19(11-16)28-2/h4-13,15H,14H2,1-3H3. The van der Waals surface area contributed by atoms with Crippen LogP contribution in [0.5, 0.6) is 5.75 Å². The number of carbonyl (C=O) groups is 1. The molecule has 4 rings (SSSR count). The number of aromatic nitrogens is 1. The van der Waals surface area contributed by atoms with Crippen LogP contribution in [0.3, 0.4) is 0 Å². The monoisotopic (exact) mass is 407 g/mol. The zero-order valence-corrected chi connectivity index (χ0v) is 17.4. The van der Waals surface area contributed by atoms with Gasteiger partial charge in [-0.3, -0.25) is 4.79 Å². The topological polar surface area (TPSA) is 40.5 Å². The summed E-state index contributed by atoms with van der Waals surface area (Å²) in [6.45, 7) is 2.54. The summed E-state index contributed by atoms with van der Waals surface area (Å²) in [6, 6.07) is 20.1. The Morgan fingerprint density at radius 3 is 2.59 bits per heavy atom. The molecule has 0 radical (unpaired) electrons. The molecule has 1 heterocycles. The van der Waals surface area contributed by atoms with Crippen LogP contribution in [0.25, 0.3) is 21.8 Å². The van der Waals surface area contributed by atoms with Crippen molar-refractivity contribution in [2.45, 2.75) is 19.4 Å². The van der Waals surface area contributed by atoms with Gasteiger partial charge >= 0.3 is 5.97 Å². The van der Waals surface area contributed by atoms with E-state index in [-0.39, 0.29) is 11.9 Å². The fourth-order valence-electron chi connectivity index (χ4n) is 3.79. The summed E-state index contributed by atoms with van der Waals surface area (Å²) in [7, 11) is 3.08. The van der Waals surface area contributed by atoms with Crippen molar-refractivity contribution in [3.63, 3.8) is 0 Å². The Morgan fingerprint density at radius 2 is 1.83 bits per heavy atom. The maximum absolute atomic E-state index is 12.1. The Labute approximate surface area is 174 Å². The number of hydrogen-bond donors (Lipinski definition) is 0. The number of methoxy groups -OCH3 is 2. The summed E-state index contributed by atoms with van der Waals surface area (Å²) in [5, 5.41) is 2.89. The average Bonchev–Trinajstić information content (AvgIpc) is 3.04. The Bertz CT molecular complexity index is 1210. The number of hydrogen-bond acceptors (Lipinski definition) is 3. The molecule has 3 aromatic carbocycles. The van der Waals surface area contributed by atoms with Crippen molar-refractivity contribution >= 4 is 39.4 Å². The first-order chi connectivity index (χ1) is 14.0. The zero-order chi connectivity index (χ0) is 20.5. The number of esters is 1. The molecule has 0 saturated heterocycles. The third-order valence-electron chi connectivity index (χ3n) is 5.38. The molecule has 0 fully saturated rings. The lowest BCUT2D eigenvalue weighted by Crippen LogP contribution is -2.10. The van der Waals surface area contributed by atoms with Crippen molar-refractivity contribution < 1.29 is 14.3 Å². The van der Waals surface area contributed by atoms with E-state index in [1.54, 1.807) is 7.11 Å². The van der Waals surface area contributed by atoms with Crippen molar-refractivity contribution in [2.75, 3.05) is 14.2 Å². The molecule has 29 heavy (non-hydrogen) atoms. The van der Waals surface area contributed by atoms with Gasteiger partial charge in [0, 0.05) is 33.4 Å². The minimum Gasteiger partial charge on any atom is -0.497 e. The van der Waals surface area contributed by atoms with Gasteiger partial charge in [0.05, 0.1) is 20.1 Å². The second-order valence-electron chi connectivity index (χ2n) is 7.12. The van der Waals surface area contributed by atoms with Gasteiger partial charge in [-0.25, -0.2) is 0 Å². The van der Waals surface area contributed by atoms with E-state index in [1.807, 2.05) is 49.4 Å². The molecular formula is C24H22ClNO3. The van der Waals surface area contributed by atoms with Crippen molar-refractivity contribution in [1.82, 2.24) is 4.57 Å². The second-order valence-corrected chi connectivity index (χ2v) is 7.56. The SMILES string of the molecule is COC(=O)C(C)c1ccc2c3cc(Cl)ccc3n(Cc3cccc(OC)c3)c2c1. The van der Waals surface area contributed by atoms with E-state index in [0.717, 1.165) is 38.7 Å². The van der Waals surface area contributed by atoms with Crippen LogP contribution in [0.2, 0.25) is 5.02 Å². The molecule has 0 bridgehead atoms. The van der Waals surface area contributed by atoms with Crippen molar-refractivity contribution in [1.29, 1.82) is 0 Å². The van der Waals surface area contributed by atoms with Crippen LogP contribution in [0.4, 0.5) is 0 Å². The van der Waals surface area contributed by atoms with Crippen molar-refractivity contribution in [3.8, 4) is 5.75 Å². The highest BCUT2D eigenvalue weighted by molar-refractivity contribution is 6.31. The van der Waals surface area contributed by atoms with Gasteiger partial charge in [-0.2, -0.15) is 0 Å². The number of carbonyl (C=O) groups excluding carboxylic acids is 1. The quantitative estimate of drug-likeness (QED) is 0.393. The largest absolute Gasteiger partial charge is 0.497 e. The summed E-state index contributed by atoms with van der Waals surface area (Å²) in [6.07, 6.45) is 0. The van der Waals surface area contributed by atoms with Gasteiger partial charge in [0.25, 0.3) is 0 Å². The molecule has 1 unspecified atom stereocenters. The van der Waals surface area contributed by atoms with Gasteiger partial charge in [0.15, 0.2) is 0 Å². The number of nitrogens with zero attached hydrogens (tertiary/aromatic N) is 1. The lowest BCUT2D eigenvalue weighted by atomic mass is 9.99. The van der Waals surface area contributed by atoms with Crippen molar-refractivity contribution in [3.05, 3.63) is 76.8 Å². The summed E-state index contributed by atoms with van der Waals surface area (Å²) in [5.41, 5.74) is 4.20. The first-order valence-electron chi connectivity index (χ1n) is 9.44. The number of fused-ring (bicyclic) bond motifs is 3. The fraction of sp³-hybridized carbons (Fsp3) is 0.208. The van der Waals surface area contributed by atoms with E-state index in [2.05, 4.69) is 22.8 Å². The van der Waals surface area contributed by atoms with Crippen LogP contribution in [0, 0.1) is 0 Å².